The van der Waals surface area contributed by atoms with Gasteiger partial charge in [-0.3, -0.25) is 9.59 Å². The van der Waals surface area contributed by atoms with Crippen LogP contribution in [0, 0.1) is 10.8 Å². The highest BCUT2D eigenvalue weighted by molar-refractivity contribution is 5.76. The van der Waals surface area contributed by atoms with Crippen LogP contribution in [0.4, 0.5) is 0 Å². The largest absolute Gasteiger partial charge is 0.462 e. The molecule has 0 bridgehead atoms. The average molecular weight is 326 g/mol. The molecular formula is C19H34O4. The number of hydrogen-bond donors (Lipinski definition) is 0. The van der Waals surface area contributed by atoms with E-state index in [1.807, 2.05) is 48.5 Å². The molecule has 0 spiro atoms. The summed E-state index contributed by atoms with van der Waals surface area (Å²) < 4.78 is 11.5. The van der Waals surface area contributed by atoms with Gasteiger partial charge >= 0.3 is 11.9 Å². The fraction of sp³-hybridized carbons (Fsp3) is 0.895. The summed E-state index contributed by atoms with van der Waals surface area (Å²) in [5, 5.41) is 0. The second-order valence-electron chi connectivity index (χ2n) is 8.42. The number of hydrogen-bond acceptors (Lipinski definition) is 4. The predicted molar refractivity (Wildman–Crippen MR) is 91.0 cm³/mol. The number of ether oxygens (including phenoxy) is 2. The number of rotatable bonds is 6. The van der Waals surface area contributed by atoms with Gasteiger partial charge < -0.3 is 9.47 Å². The number of esters is 2. The minimum Gasteiger partial charge on any atom is -0.462 e. The van der Waals surface area contributed by atoms with Gasteiger partial charge in [-0.15, -0.1) is 0 Å². The Kier molecular flexibility index (Phi) is 6.28. The van der Waals surface area contributed by atoms with Gasteiger partial charge in [0.25, 0.3) is 0 Å². The summed E-state index contributed by atoms with van der Waals surface area (Å²) in [6, 6.07) is 0. The molecule has 0 amide bonds. The molecule has 1 saturated carbocycles. The highest BCUT2D eigenvalue weighted by atomic mass is 16.6. The van der Waals surface area contributed by atoms with Crippen LogP contribution in [0.2, 0.25) is 0 Å². The van der Waals surface area contributed by atoms with E-state index >= 15 is 0 Å². The van der Waals surface area contributed by atoms with Crippen molar-refractivity contribution < 1.29 is 19.1 Å². The molecule has 0 unspecified atom stereocenters. The Hall–Kier alpha value is -1.06. The topological polar surface area (TPSA) is 52.6 Å². The zero-order valence-corrected chi connectivity index (χ0v) is 16.0. The lowest BCUT2D eigenvalue weighted by atomic mass is 9.83. The third kappa shape index (κ3) is 5.22. The van der Waals surface area contributed by atoms with Crippen LogP contribution >= 0.6 is 0 Å². The van der Waals surface area contributed by atoms with Crippen molar-refractivity contribution in [2.45, 2.75) is 98.7 Å². The highest BCUT2D eigenvalue weighted by Crippen LogP contribution is 2.36. The molecule has 0 aromatic carbocycles. The molecule has 4 nitrogen and oxygen atoms in total. The SMILES string of the molecule is CCC(C)(C)C(=O)OC1CCC(C)(OC(=O)C(C)(C)CC)CC1. The zero-order valence-electron chi connectivity index (χ0n) is 16.0. The summed E-state index contributed by atoms with van der Waals surface area (Å²) in [5.41, 5.74) is -1.32. The first-order chi connectivity index (χ1) is 10.5. The van der Waals surface area contributed by atoms with Crippen molar-refractivity contribution in [1.82, 2.24) is 0 Å². The first-order valence-corrected chi connectivity index (χ1v) is 8.90. The van der Waals surface area contributed by atoms with E-state index in [1.165, 1.54) is 0 Å². The van der Waals surface area contributed by atoms with Crippen LogP contribution in [0.3, 0.4) is 0 Å². The maximum Gasteiger partial charge on any atom is 0.312 e. The van der Waals surface area contributed by atoms with E-state index in [4.69, 9.17) is 9.47 Å². The molecule has 1 aliphatic carbocycles. The van der Waals surface area contributed by atoms with Gasteiger partial charge in [0.1, 0.15) is 11.7 Å². The van der Waals surface area contributed by atoms with Crippen molar-refractivity contribution in [2.75, 3.05) is 0 Å². The monoisotopic (exact) mass is 326 g/mol. The van der Waals surface area contributed by atoms with E-state index in [1.54, 1.807) is 0 Å². The minimum absolute atomic E-state index is 0.0562. The van der Waals surface area contributed by atoms with Crippen molar-refractivity contribution in [3.63, 3.8) is 0 Å². The molecule has 0 atom stereocenters. The Morgan fingerprint density at radius 1 is 0.957 bits per heavy atom. The molecule has 1 rings (SSSR count). The molecule has 4 heteroatoms. The minimum atomic E-state index is -0.447. The third-order valence-corrected chi connectivity index (χ3v) is 5.48. The van der Waals surface area contributed by atoms with E-state index < -0.39 is 16.4 Å². The van der Waals surface area contributed by atoms with Crippen molar-refractivity contribution >= 4 is 11.9 Å². The van der Waals surface area contributed by atoms with Crippen LogP contribution in [0.1, 0.15) is 87.0 Å². The van der Waals surface area contributed by atoms with Gasteiger partial charge in [-0.1, -0.05) is 13.8 Å². The Balaban J connectivity index is 2.54. The van der Waals surface area contributed by atoms with Gasteiger partial charge in [-0.2, -0.15) is 0 Å². The fourth-order valence-corrected chi connectivity index (χ4v) is 2.38. The van der Waals surface area contributed by atoms with Crippen molar-refractivity contribution in [3.8, 4) is 0 Å². The van der Waals surface area contributed by atoms with Gasteiger partial charge in [-0.25, -0.2) is 0 Å². The number of carbonyl (C=O) groups is 2. The van der Waals surface area contributed by atoms with Crippen LogP contribution in [-0.4, -0.2) is 23.6 Å². The van der Waals surface area contributed by atoms with Crippen LogP contribution < -0.4 is 0 Å². The second-order valence-corrected chi connectivity index (χ2v) is 8.42. The molecule has 1 aliphatic rings. The molecule has 0 heterocycles. The van der Waals surface area contributed by atoms with Gasteiger partial charge in [0.15, 0.2) is 0 Å². The lowest BCUT2D eigenvalue weighted by Gasteiger charge is -2.39. The molecule has 0 N–H and O–H groups in total. The van der Waals surface area contributed by atoms with Crippen LogP contribution in [0.15, 0.2) is 0 Å². The summed E-state index contributed by atoms with van der Waals surface area (Å²) in [6.07, 6.45) is 4.45. The van der Waals surface area contributed by atoms with Gasteiger partial charge in [0, 0.05) is 0 Å². The Bertz CT molecular complexity index is 429. The van der Waals surface area contributed by atoms with Gasteiger partial charge in [-0.05, 0) is 73.1 Å². The quantitative estimate of drug-likeness (QED) is 0.667. The third-order valence-electron chi connectivity index (χ3n) is 5.48. The Labute approximate surface area is 141 Å². The smallest absolute Gasteiger partial charge is 0.312 e. The van der Waals surface area contributed by atoms with Crippen LogP contribution in [0.25, 0.3) is 0 Å². The van der Waals surface area contributed by atoms with Crippen molar-refractivity contribution in [2.24, 2.45) is 10.8 Å². The fourth-order valence-electron chi connectivity index (χ4n) is 2.38. The standard InChI is InChI=1S/C19H34O4/c1-8-17(3,4)15(20)22-14-10-12-19(7,13-11-14)23-16(21)18(5,6)9-2/h14H,8-13H2,1-7H3. The molecule has 0 aromatic heterocycles. The van der Waals surface area contributed by atoms with Gasteiger partial charge in [0.05, 0.1) is 10.8 Å². The molecule has 0 aliphatic heterocycles. The normalized spacial score (nSPS) is 25.8. The maximum atomic E-state index is 12.3. The summed E-state index contributed by atoms with van der Waals surface area (Å²) >= 11 is 0. The number of carbonyl (C=O) groups excluding carboxylic acids is 2. The van der Waals surface area contributed by atoms with E-state index in [0.29, 0.717) is 0 Å². The lowest BCUT2D eigenvalue weighted by molar-refractivity contribution is -0.179. The Morgan fingerprint density at radius 3 is 1.83 bits per heavy atom. The van der Waals surface area contributed by atoms with E-state index in [-0.39, 0.29) is 18.0 Å². The molecule has 23 heavy (non-hydrogen) atoms. The predicted octanol–water partition coefficient (Wildman–Crippen LogP) is 4.65. The molecular weight excluding hydrogens is 292 g/mol. The molecule has 0 radical (unpaired) electrons. The zero-order chi connectivity index (χ0) is 17.9. The van der Waals surface area contributed by atoms with E-state index in [9.17, 15) is 9.59 Å². The summed E-state index contributed by atoms with van der Waals surface area (Å²) in [6.45, 7) is 13.6. The Morgan fingerprint density at radius 2 is 1.39 bits per heavy atom. The summed E-state index contributed by atoms with van der Waals surface area (Å²) in [5.74, 6) is -0.261. The van der Waals surface area contributed by atoms with Gasteiger partial charge in [0.2, 0.25) is 0 Å². The first-order valence-electron chi connectivity index (χ1n) is 8.90. The van der Waals surface area contributed by atoms with E-state index in [0.717, 1.165) is 38.5 Å². The first kappa shape index (κ1) is 20.0. The summed E-state index contributed by atoms with van der Waals surface area (Å²) in [4.78, 5) is 24.5. The average Bonchev–Trinajstić information content (AvgIpc) is 2.49. The molecule has 134 valence electrons. The second kappa shape index (κ2) is 7.23. The maximum absolute atomic E-state index is 12.3. The molecule has 1 fully saturated rings. The van der Waals surface area contributed by atoms with Crippen LogP contribution in [0.5, 0.6) is 0 Å². The van der Waals surface area contributed by atoms with E-state index in [2.05, 4.69) is 0 Å². The van der Waals surface area contributed by atoms with Crippen molar-refractivity contribution in [1.29, 1.82) is 0 Å². The molecule has 0 aromatic rings. The van der Waals surface area contributed by atoms with Crippen molar-refractivity contribution in [3.05, 3.63) is 0 Å². The molecule has 0 saturated heterocycles. The lowest BCUT2D eigenvalue weighted by Crippen LogP contribution is -2.42. The highest BCUT2D eigenvalue weighted by Gasteiger charge is 2.40. The van der Waals surface area contributed by atoms with Crippen LogP contribution in [-0.2, 0) is 19.1 Å². The summed E-state index contributed by atoms with van der Waals surface area (Å²) in [7, 11) is 0.